The van der Waals surface area contributed by atoms with Crippen molar-refractivity contribution in [3.63, 3.8) is 0 Å². The third-order valence-electron chi connectivity index (χ3n) is 6.30. The lowest BCUT2D eigenvalue weighted by Crippen LogP contribution is -2.20. The molecule has 0 aliphatic heterocycles. The first-order chi connectivity index (χ1) is 19.5. The number of benzene rings is 4. The maximum atomic E-state index is 13.5. The number of furan rings is 1. The molecule has 0 bridgehead atoms. The minimum atomic E-state index is -0.335. The lowest BCUT2D eigenvalue weighted by Gasteiger charge is -2.09. The largest absolute Gasteiger partial charge is 0.496 e. The molecule has 0 unspecified atom stereocenters. The van der Waals surface area contributed by atoms with Crippen LogP contribution in [0.4, 0.5) is 0 Å². The van der Waals surface area contributed by atoms with Crippen molar-refractivity contribution in [3.8, 4) is 23.1 Å². The zero-order valence-electron chi connectivity index (χ0n) is 21.2. The van der Waals surface area contributed by atoms with Crippen molar-refractivity contribution < 1.29 is 13.9 Å². The molecule has 6 aromatic rings. The molecule has 0 spiro atoms. The first-order valence-corrected chi connectivity index (χ1v) is 13.1. The van der Waals surface area contributed by atoms with Gasteiger partial charge >= 0.3 is 0 Å². The molecule has 4 aromatic carbocycles. The van der Waals surface area contributed by atoms with E-state index in [1.165, 1.54) is 4.68 Å². The van der Waals surface area contributed by atoms with E-state index in [9.17, 15) is 4.79 Å². The van der Waals surface area contributed by atoms with E-state index in [1.807, 2.05) is 36.4 Å². The summed E-state index contributed by atoms with van der Waals surface area (Å²) in [7, 11) is 1.59. The first-order valence-electron chi connectivity index (χ1n) is 12.3. The zero-order valence-corrected chi connectivity index (χ0v) is 22.7. The number of methoxy groups -OCH3 is 1. The molecule has 0 saturated carbocycles. The molecule has 0 atom stereocenters. The highest BCUT2D eigenvalue weighted by atomic mass is 35.5. The van der Waals surface area contributed by atoms with Gasteiger partial charge in [-0.25, -0.2) is 4.98 Å². The molecule has 0 aliphatic carbocycles. The van der Waals surface area contributed by atoms with Gasteiger partial charge in [-0.2, -0.15) is 9.78 Å². The van der Waals surface area contributed by atoms with E-state index >= 15 is 0 Å². The van der Waals surface area contributed by atoms with E-state index in [2.05, 4.69) is 5.10 Å². The number of rotatable bonds is 7. The third kappa shape index (κ3) is 5.04. The minimum absolute atomic E-state index is 0.257. The summed E-state index contributed by atoms with van der Waals surface area (Å²) >= 11 is 12.4. The van der Waals surface area contributed by atoms with Crippen LogP contribution in [0.25, 0.3) is 33.5 Å². The molecule has 0 aliphatic rings. The zero-order chi connectivity index (χ0) is 27.6. The van der Waals surface area contributed by atoms with Crippen molar-refractivity contribution in [1.29, 1.82) is 0 Å². The summed E-state index contributed by atoms with van der Waals surface area (Å²) < 4.78 is 18.6. The number of hydrogen-bond donors (Lipinski definition) is 0. The van der Waals surface area contributed by atoms with Gasteiger partial charge in [0, 0.05) is 5.02 Å². The monoisotopic (exact) mass is 569 g/mol. The van der Waals surface area contributed by atoms with Crippen LogP contribution in [-0.2, 0) is 6.61 Å². The van der Waals surface area contributed by atoms with Crippen molar-refractivity contribution in [2.75, 3.05) is 7.11 Å². The molecular weight excluding hydrogens is 549 g/mol. The molecule has 0 radical (unpaired) electrons. The van der Waals surface area contributed by atoms with Gasteiger partial charge in [0.25, 0.3) is 5.56 Å². The number of nitrogens with zero attached hydrogens (tertiary/aromatic N) is 3. The van der Waals surface area contributed by atoms with Crippen LogP contribution in [0.3, 0.4) is 0 Å². The molecule has 6 rings (SSSR count). The predicted molar refractivity (Wildman–Crippen MR) is 158 cm³/mol. The summed E-state index contributed by atoms with van der Waals surface area (Å²) in [6.45, 7) is 0.341. The second-order valence-corrected chi connectivity index (χ2v) is 9.75. The second kappa shape index (κ2) is 10.9. The Morgan fingerprint density at radius 1 is 0.925 bits per heavy atom. The van der Waals surface area contributed by atoms with E-state index in [0.717, 1.165) is 10.9 Å². The maximum absolute atomic E-state index is 13.5. The summed E-state index contributed by atoms with van der Waals surface area (Å²) in [6, 6.07) is 27.1. The van der Waals surface area contributed by atoms with E-state index in [1.54, 1.807) is 67.9 Å². The van der Waals surface area contributed by atoms with Crippen LogP contribution >= 0.6 is 23.2 Å². The van der Waals surface area contributed by atoms with Gasteiger partial charge in [0.15, 0.2) is 5.76 Å². The highest BCUT2D eigenvalue weighted by molar-refractivity contribution is 6.32. The Morgan fingerprint density at radius 2 is 1.75 bits per heavy atom. The van der Waals surface area contributed by atoms with E-state index in [4.69, 9.17) is 42.1 Å². The van der Waals surface area contributed by atoms with Crippen molar-refractivity contribution >= 4 is 51.3 Å². The summed E-state index contributed by atoms with van der Waals surface area (Å²) in [6.07, 6.45) is 1.54. The molecule has 7 nitrogen and oxygen atoms in total. The molecule has 0 fully saturated rings. The number of fused-ring (bicyclic) bond motifs is 2. The van der Waals surface area contributed by atoms with Crippen molar-refractivity contribution in [2.45, 2.75) is 6.61 Å². The highest BCUT2D eigenvalue weighted by Crippen LogP contribution is 2.33. The molecular formula is C31H21Cl2N3O4. The average Bonchev–Trinajstić information content (AvgIpc) is 3.41. The van der Waals surface area contributed by atoms with Crippen LogP contribution in [0.5, 0.6) is 11.5 Å². The smallest absolute Gasteiger partial charge is 0.282 e. The molecule has 0 amide bonds. The minimum Gasteiger partial charge on any atom is -0.496 e. The summed E-state index contributed by atoms with van der Waals surface area (Å²) in [5.74, 6) is 1.81. The van der Waals surface area contributed by atoms with Crippen LogP contribution in [0.15, 0.2) is 105 Å². The van der Waals surface area contributed by atoms with Crippen LogP contribution in [-0.4, -0.2) is 23.0 Å². The Kier molecular flexibility index (Phi) is 6.99. The highest BCUT2D eigenvalue weighted by Gasteiger charge is 2.18. The Hall–Kier alpha value is -4.59. The van der Waals surface area contributed by atoms with Gasteiger partial charge in [0.05, 0.1) is 34.6 Å². The molecule has 9 heteroatoms. The molecule has 2 heterocycles. The summed E-state index contributed by atoms with van der Waals surface area (Å²) in [5.41, 5.74) is 2.43. The Labute approximate surface area is 238 Å². The lowest BCUT2D eigenvalue weighted by atomic mass is 10.2. The quantitative estimate of drug-likeness (QED) is 0.185. The normalized spacial score (nSPS) is 11.5. The van der Waals surface area contributed by atoms with Crippen LogP contribution in [0.1, 0.15) is 11.1 Å². The van der Waals surface area contributed by atoms with Gasteiger partial charge in [0.1, 0.15) is 23.7 Å². The van der Waals surface area contributed by atoms with Crippen LogP contribution < -0.4 is 15.0 Å². The molecule has 198 valence electrons. The second-order valence-electron chi connectivity index (χ2n) is 8.90. The Bertz CT molecular complexity index is 1950. The van der Waals surface area contributed by atoms with E-state index in [0.29, 0.717) is 56.0 Å². The Balaban J connectivity index is 1.36. The number of halogens is 2. The topological polar surface area (TPSA) is 78.9 Å². The first kappa shape index (κ1) is 25.7. The van der Waals surface area contributed by atoms with E-state index < -0.39 is 0 Å². The number of para-hydroxylation sites is 1. The fraction of sp³-hybridized carbons (Fsp3) is 0.0645. The number of hydrogen-bond acceptors (Lipinski definition) is 6. The van der Waals surface area contributed by atoms with E-state index in [-0.39, 0.29) is 11.4 Å². The molecule has 2 aromatic heterocycles. The fourth-order valence-corrected chi connectivity index (χ4v) is 4.66. The molecule has 0 N–H and O–H groups in total. The summed E-state index contributed by atoms with van der Waals surface area (Å²) in [4.78, 5) is 18.3. The fourth-order valence-electron chi connectivity index (χ4n) is 4.29. The molecule has 40 heavy (non-hydrogen) atoms. The van der Waals surface area contributed by atoms with Crippen molar-refractivity contribution in [1.82, 2.24) is 9.66 Å². The van der Waals surface area contributed by atoms with Gasteiger partial charge < -0.3 is 13.9 Å². The van der Waals surface area contributed by atoms with Crippen molar-refractivity contribution in [2.24, 2.45) is 5.10 Å². The third-order valence-corrected chi connectivity index (χ3v) is 6.85. The Morgan fingerprint density at radius 3 is 2.55 bits per heavy atom. The average molecular weight is 570 g/mol. The van der Waals surface area contributed by atoms with Crippen LogP contribution in [0, 0.1) is 0 Å². The van der Waals surface area contributed by atoms with Gasteiger partial charge in [-0.15, -0.1) is 0 Å². The molecule has 0 saturated heterocycles. The SMILES string of the molecule is COc1cccc2oc(-c3nc4ccccc4c(=O)n3N=Cc3ccc(OCc4ccc(Cl)cc4)c(Cl)c3)cc12. The lowest BCUT2D eigenvalue weighted by molar-refractivity contribution is 0.306. The maximum Gasteiger partial charge on any atom is 0.282 e. The van der Waals surface area contributed by atoms with Gasteiger partial charge in [0.2, 0.25) is 5.82 Å². The van der Waals surface area contributed by atoms with Gasteiger partial charge in [-0.3, -0.25) is 4.79 Å². The number of aromatic nitrogens is 2. The van der Waals surface area contributed by atoms with Gasteiger partial charge in [-0.05, 0) is 71.8 Å². The van der Waals surface area contributed by atoms with Crippen LogP contribution in [0.2, 0.25) is 10.0 Å². The van der Waals surface area contributed by atoms with Crippen molar-refractivity contribution in [3.05, 3.63) is 123 Å². The number of ether oxygens (including phenoxy) is 2. The standard InChI is InChI=1S/C31H21Cl2N3O4/c1-38-26-7-4-8-27-23(26)16-29(40-27)30-35-25-6-3-2-5-22(25)31(37)36(30)34-17-20-11-14-28(24(33)15-20)39-18-19-9-12-21(32)13-10-19/h2-17H,18H2,1H3. The predicted octanol–water partition coefficient (Wildman–Crippen LogP) is 7.59. The van der Waals surface area contributed by atoms with Gasteiger partial charge in [-0.1, -0.05) is 53.5 Å². The summed E-state index contributed by atoms with van der Waals surface area (Å²) in [5, 5.41) is 6.77.